The first-order valence-corrected chi connectivity index (χ1v) is 7.37. The molecular weight excluding hydrogens is 266 g/mol. The molecule has 0 amide bonds. The molecular formula is C17H25NO3. The molecule has 116 valence electrons. The average molecular weight is 291 g/mol. The summed E-state index contributed by atoms with van der Waals surface area (Å²) in [6.07, 6.45) is 0.772. The topological polar surface area (TPSA) is 49.8 Å². The second-order valence-corrected chi connectivity index (χ2v) is 7.31. The van der Waals surface area contributed by atoms with E-state index in [1.54, 1.807) is 0 Å². The van der Waals surface area contributed by atoms with Crippen LogP contribution in [-0.4, -0.2) is 33.7 Å². The van der Waals surface area contributed by atoms with Crippen molar-refractivity contribution in [3.63, 3.8) is 0 Å². The molecule has 1 aromatic rings. The molecule has 0 saturated heterocycles. The van der Waals surface area contributed by atoms with Crippen molar-refractivity contribution in [2.45, 2.75) is 58.2 Å². The fraction of sp³-hybridized carbons (Fsp3) is 0.588. The molecule has 4 heteroatoms. The molecule has 0 saturated carbocycles. The largest absolute Gasteiger partial charge is 0.487 e. The molecule has 1 unspecified atom stereocenters. The standard InChI is InChI=1S/C17H25NO3/c1-16(2,3)18(11-15(19)20)13-10-17(4,5)21-14-9-7-6-8-12(13)14/h6-9,13H,10-11H2,1-5H3,(H,19,20). The van der Waals surface area contributed by atoms with Crippen molar-refractivity contribution in [1.82, 2.24) is 4.90 Å². The molecule has 0 bridgehead atoms. The summed E-state index contributed by atoms with van der Waals surface area (Å²) in [5.74, 6) is 0.0603. The number of fused-ring (bicyclic) bond motifs is 1. The third kappa shape index (κ3) is 3.56. The van der Waals surface area contributed by atoms with Gasteiger partial charge < -0.3 is 9.84 Å². The lowest BCUT2D eigenvalue weighted by molar-refractivity contribution is -0.141. The summed E-state index contributed by atoms with van der Waals surface area (Å²) >= 11 is 0. The van der Waals surface area contributed by atoms with Gasteiger partial charge in [0.05, 0.1) is 6.54 Å². The van der Waals surface area contributed by atoms with Crippen LogP contribution in [0.1, 0.15) is 52.6 Å². The van der Waals surface area contributed by atoms with Crippen molar-refractivity contribution >= 4 is 5.97 Å². The highest BCUT2D eigenvalue weighted by atomic mass is 16.5. The van der Waals surface area contributed by atoms with Crippen LogP contribution in [0.5, 0.6) is 5.75 Å². The van der Waals surface area contributed by atoms with Crippen molar-refractivity contribution in [3.8, 4) is 5.75 Å². The highest BCUT2D eigenvalue weighted by molar-refractivity contribution is 5.69. The second-order valence-electron chi connectivity index (χ2n) is 7.31. The maximum Gasteiger partial charge on any atom is 0.317 e. The minimum Gasteiger partial charge on any atom is -0.487 e. The second kappa shape index (κ2) is 5.34. The Hall–Kier alpha value is -1.55. The van der Waals surface area contributed by atoms with E-state index in [1.165, 1.54) is 0 Å². The number of hydrogen-bond acceptors (Lipinski definition) is 3. The van der Waals surface area contributed by atoms with Crippen LogP contribution in [0.15, 0.2) is 24.3 Å². The van der Waals surface area contributed by atoms with Gasteiger partial charge in [-0.05, 0) is 40.7 Å². The Kier molecular flexibility index (Phi) is 4.02. The molecule has 1 atom stereocenters. The smallest absolute Gasteiger partial charge is 0.317 e. The average Bonchev–Trinajstić information content (AvgIpc) is 2.32. The Labute approximate surface area is 126 Å². The predicted octanol–water partition coefficient (Wildman–Crippen LogP) is 3.47. The molecule has 21 heavy (non-hydrogen) atoms. The van der Waals surface area contributed by atoms with E-state index in [0.29, 0.717) is 0 Å². The lowest BCUT2D eigenvalue weighted by atomic mass is 9.86. The molecule has 1 N–H and O–H groups in total. The molecule has 0 spiro atoms. The van der Waals surface area contributed by atoms with Gasteiger partial charge in [0.15, 0.2) is 0 Å². The number of carboxylic acids is 1. The van der Waals surface area contributed by atoms with Crippen LogP contribution >= 0.6 is 0 Å². The Morgan fingerprint density at radius 2 is 2.00 bits per heavy atom. The van der Waals surface area contributed by atoms with E-state index in [-0.39, 0.29) is 23.7 Å². The molecule has 1 aliphatic rings. The molecule has 1 aromatic carbocycles. The van der Waals surface area contributed by atoms with Crippen LogP contribution in [0.25, 0.3) is 0 Å². The number of nitrogens with zero attached hydrogens (tertiary/aromatic N) is 1. The third-order valence-corrected chi connectivity index (χ3v) is 3.89. The highest BCUT2D eigenvalue weighted by Crippen LogP contribution is 2.44. The van der Waals surface area contributed by atoms with Crippen LogP contribution < -0.4 is 4.74 Å². The summed E-state index contributed by atoms with van der Waals surface area (Å²) in [7, 11) is 0. The van der Waals surface area contributed by atoms with Gasteiger partial charge in [-0.15, -0.1) is 0 Å². The van der Waals surface area contributed by atoms with Crippen molar-refractivity contribution < 1.29 is 14.6 Å². The van der Waals surface area contributed by atoms with Crippen molar-refractivity contribution in [3.05, 3.63) is 29.8 Å². The number of para-hydroxylation sites is 1. The number of hydrogen-bond donors (Lipinski definition) is 1. The number of rotatable bonds is 3. The van der Waals surface area contributed by atoms with E-state index in [1.807, 2.05) is 24.3 Å². The van der Waals surface area contributed by atoms with Gasteiger partial charge in [0, 0.05) is 23.6 Å². The fourth-order valence-corrected chi connectivity index (χ4v) is 3.00. The van der Waals surface area contributed by atoms with E-state index in [2.05, 4.69) is 39.5 Å². The SMILES string of the molecule is CC1(C)CC(N(CC(=O)O)C(C)(C)C)c2ccccc2O1. The molecule has 2 rings (SSSR count). The predicted molar refractivity (Wildman–Crippen MR) is 82.6 cm³/mol. The van der Waals surface area contributed by atoms with Gasteiger partial charge in [0.1, 0.15) is 11.4 Å². The summed E-state index contributed by atoms with van der Waals surface area (Å²) in [4.78, 5) is 13.4. The van der Waals surface area contributed by atoms with Gasteiger partial charge in [0.25, 0.3) is 0 Å². The number of aliphatic carboxylic acids is 1. The normalized spacial score (nSPS) is 20.8. The van der Waals surface area contributed by atoms with Gasteiger partial charge in [-0.1, -0.05) is 18.2 Å². The Balaban J connectivity index is 2.46. The molecule has 4 nitrogen and oxygen atoms in total. The van der Waals surface area contributed by atoms with Crippen molar-refractivity contribution in [2.24, 2.45) is 0 Å². The minimum atomic E-state index is -0.799. The Morgan fingerprint density at radius 1 is 1.38 bits per heavy atom. The van der Waals surface area contributed by atoms with Gasteiger partial charge >= 0.3 is 5.97 Å². The number of carboxylic acid groups (broad SMARTS) is 1. The monoisotopic (exact) mass is 291 g/mol. The van der Waals surface area contributed by atoms with Gasteiger partial charge in [-0.25, -0.2) is 0 Å². The molecule has 1 heterocycles. The van der Waals surface area contributed by atoms with E-state index >= 15 is 0 Å². The Morgan fingerprint density at radius 3 is 2.57 bits per heavy atom. The quantitative estimate of drug-likeness (QED) is 0.926. The lowest BCUT2D eigenvalue weighted by Gasteiger charge is -2.47. The summed E-state index contributed by atoms with van der Waals surface area (Å²) in [5, 5.41) is 9.28. The number of carbonyl (C=O) groups is 1. The van der Waals surface area contributed by atoms with Crippen LogP contribution in [0.4, 0.5) is 0 Å². The minimum absolute atomic E-state index is 0.0264. The van der Waals surface area contributed by atoms with E-state index in [4.69, 9.17) is 4.74 Å². The molecule has 0 aromatic heterocycles. The van der Waals surface area contributed by atoms with Crippen LogP contribution in [0, 0.1) is 0 Å². The molecule has 1 aliphatic heterocycles. The van der Waals surface area contributed by atoms with Crippen LogP contribution in [0.2, 0.25) is 0 Å². The van der Waals surface area contributed by atoms with Gasteiger partial charge in [0.2, 0.25) is 0 Å². The maximum atomic E-state index is 11.3. The highest BCUT2D eigenvalue weighted by Gasteiger charge is 2.40. The summed E-state index contributed by atoms with van der Waals surface area (Å²) in [5.41, 5.74) is 0.540. The first kappa shape index (κ1) is 15.8. The maximum absolute atomic E-state index is 11.3. The molecule has 0 aliphatic carbocycles. The zero-order valence-electron chi connectivity index (χ0n) is 13.5. The van der Waals surface area contributed by atoms with E-state index in [0.717, 1.165) is 17.7 Å². The zero-order chi connectivity index (χ0) is 15.8. The van der Waals surface area contributed by atoms with Crippen LogP contribution in [-0.2, 0) is 4.79 Å². The first-order chi connectivity index (χ1) is 9.60. The third-order valence-electron chi connectivity index (χ3n) is 3.89. The van der Waals surface area contributed by atoms with E-state index < -0.39 is 5.97 Å². The van der Waals surface area contributed by atoms with E-state index in [9.17, 15) is 9.90 Å². The van der Waals surface area contributed by atoms with Crippen molar-refractivity contribution in [1.29, 1.82) is 0 Å². The summed E-state index contributed by atoms with van der Waals surface area (Å²) < 4.78 is 6.04. The lowest BCUT2D eigenvalue weighted by Crippen LogP contribution is -2.50. The van der Waals surface area contributed by atoms with Crippen LogP contribution in [0.3, 0.4) is 0 Å². The number of ether oxygens (including phenoxy) is 1. The summed E-state index contributed by atoms with van der Waals surface area (Å²) in [6.45, 7) is 10.3. The number of benzene rings is 1. The zero-order valence-corrected chi connectivity index (χ0v) is 13.5. The first-order valence-electron chi connectivity index (χ1n) is 7.37. The fourth-order valence-electron chi connectivity index (χ4n) is 3.00. The van der Waals surface area contributed by atoms with Gasteiger partial charge in [-0.2, -0.15) is 0 Å². The molecule has 0 radical (unpaired) electrons. The van der Waals surface area contributed by atoms with Crippen molar-refractivity contribution in [2.75, 3.05) is 6.54 Å². The van der Waals surface area contributed by atoms with Gasteiger partial charge in [-0.3, -0.25) is 9.69 Å². The Bertz CT molecular complexity index is 531. The molecule has 0 fully saturated rings. The summed E-state index contributed by atoms with van der Waals surface area (Å²) in [6, 6.07) is 7.98.